The van der Waals surface area contributed by atoms with Crippen molar-refractivity contribution in [2.45, 2.75) is 62.7 Å². The summed E-state index contributed by atoms with van der Waals surface area (Å²) >= 11 is 0. The maximum absolute atomic E-state index is 14.2. The van der Waals surface area contributed by atoms with Crippen LogP contribution in [0.4, 0.5) is 0 Å². The van der Waals surface area contributed by atoms with Gasteiger partial charge in [-0.25, -0.2) is 0 Å². The van der Waals surface area contributed by atoms with Gasteiger partial charge in [-0.2, -0.15) is 0 Å². The smallest absolute Gasteiger partial charge is 0.247 e. The topological polar surface area (TPSA) is 118 Å². The highest BCUT2D eigenvalue weighted by atomic mass is 16.5. The van der Waals surface area contributed by atoms with Gasteiger partial charge in [0.1, 0.15) is 29.5 Å². The Hall–Kier alpha value is -3.56. The first-order valence-corrected chi connectivity index (χ1v) is 15.5. The molecule has 2 amide bonds. The number of para-hydroxylation sites is 1. The Bertz CT molecular complexity index is 1380. The fourth-order valence-electron chi connectivity index (χ4n) is 7.92. The SMILES string of the molecule is COc1ccc(OC)c(CCN(C(=O)CC2CC3CCC2C3)C2C=C(C(=O)NCCO)C3c4ccccc4OC3C2O)c1. The molecule has 7 unspecified atom stereocenters. The number of rotatable bonds is 11. The molecule has 2 bridgehead atoms. The lowest BCUT2D eigenvalue weighted by atomic mass is 9.77. The van der Waals surface area contributed by atoms with E-state index in [9.17, 15) is 19.8 Å². The first-order chi connectivity index (χ1) is 20.9. The van der Waals surface area contributed by atoms with Crippen molar-refractivity contribution in [3.05, 3.63) is 65.2 Å². The summed E-state index contributed by atoms with van der Waals surface area (Å²) in [5.74, 6) is 2.80. The van der Waals surface area contributed by atoms with Crippen molar-refractivity contribution in [3.63, 3.8) is 0 Å². The van der Waals surface area contributed by atoms with Crippen molar-refractivity contribution >= 4 is 11.8 Å². The molecule has 0 radical (unpaired) electrons. The van der Waals surface area contributed by atoms with Crippen molar-refractivity contribution < 1.29 is 34.0 Å². The zero-order valence-electron chi connectivity index (χ0n) is 24.9. The van der Waals surface area contributed by atoms with E-state index in [1.54, 1.807) is 25.2 Å². The third-order valence-electron chi connectivity index (χ3n) is 9.99. The normalized spacial score (nSPS) is 28.4. The highest BCUT2D eigenvalue weighted by Crippen LogP contribution is 2.50. The Morgan fingerprint density at radius 1 is 1.09 bits per heavy atom. The lowest BCUT2D eigenvalue weighted by molar-refractivity contribution is -0.138. The van der Waals surface area contributed by atoms with E-state index in [1.165, 1.54) is 19.3 Å². The molecule has 9 nitrogen and oxygen atoms in total. The molecule has 3 aliphatic carbocycles. The number of hydrogen-bond donors (Lipinski definition) is 3. The number of methoxy groups -OCH3 is 2. The first kappa shape index (κ1) is 29.5. The van der Waals surface area contributed by atoms with E-state index >= 15 is 0 Å². The van der Waals surface area contributed by atoms with Crippen molar-refractivity contribution in [3.8, 4) is 17.2 Å². The van der Waals surface area contributed by atoms with Gasteiger partial charge in [0.2, 0.25) is 11.8 Å². The van der Waals surface area contributed by atoms with Crippen LogP contribution in [0, 0.1) is 17.8 Å². The van der Waals surface area contributed by atoms with Crippen LogP contribution in [-0.4, -0.2) is 79.1 Å². The van der Waals surface area contributed by atoms with E-state index in [-0.39, 0.29) is 25.0 Å². The Morgan fingerprint density at radius 3 is 2.65 bits per heavy atom. The third-order valence-corrected chi connectivity index (χ3v) is 9.99. The number of nitrogens with one attached hydrogen (secondary N) is 1. The monoisotopic (exact) mass is 590 g/mol. The number of aliphatic hydroxyl groups is 2. The summed E-state index contributed by atoms with van der Waals surface area (Å²) in [5.41, 5.74) is 2.16. The predicted octanol–water partition coefficient (Wildman–Crippen LogP) is 3.22. The second-order valence-corrected chi connectivity index (χ2v) is 12.3. The second kappa shape index (κ2) is 12.6. The van der Waals surface area contributed by atoms with E-state index in [0.717, 1.165) is 17.5 Å². The van der Waals surface area contributed by atoms with Gasteiger partial charge in [-0.3, -0.25) is 9.59 Å². The maximum atomic E-state index is 14.2. The van der Waals surface area contributed by atoms with Crippen LogP contribution in [-0.2, 0) is 16.0 Å². The van der Waals surface area contributed by atoms with Crippen LogP contribution >= 0.6 is 0 Å². The molecule has 2 fully saturated rings. The Balaban J connectivity index is 1.34. The fourth-order valence-corrected chi connectivity index (χ4v) is 7.92. The largest absolute Gasteiger partial charge is 0.497 e. The van der Waals surface area contributed by atoms with Crippen molar-refractivity contribution in [1.82, 2.24) is 10.2 Å². The van der Waals surface area contributed by atoms with Gasteiger partial charge in [-0.1, -0.05) is 24.6 Å². The van der Waals surface area contributed by atoms with Crippen molar-refractivity contribution in [1.29, 1.82) is 0 Å². The number of hydrogen-bond acceptors (Lipinski definition) is 7. The molecule has 3 N–H and O–H groups in total. The van der Waals surface area contributed by atoms with Gasteiger partial charge in [-0.05, 0) is 79.3 Å². The van der Waals surface area contributed by atoms with Crippen LogP contribution in [0.15, 0.2) is 54.1 Å². The molecule has 9 heteroatoms. The molecule has 2 saturated carbocycles. The molecule has 7 atom stereocenters. The minimum absolute atomic E-state index is 0.0243. The maximum Gasteiger partial charge on any atom is 0.247 e. The summed E-state index contributed by atoms with van der Waals surface area (Å²) in [5, 5.41) is 24.0. The molecule has 0 spiro atoms. The lowest BCUT2D eigenvalue weighted by Crippen LogP contribution is -2.56. The van der Waals surface area contributed by atoms with Crippen LogP contribution in [0.1, 0.15) is 49.1 Å². The van der Waals surface area contributed by atoms with Gasteiger partial charge in [0.15, 0.2) is 0 Å². The Kier molecular flexibility index (Phi) is 8.63. The highest BCUT2D eigenvalue weighted by Gasteiger charge is 2.51. The van der Waals surface area contributed by atoms with E-state index in [0.29, 0.717) is 60.0 Å². The molecule has 0 saturated heterocycles. The molecule has 43 heavy (non-hydrogen) atoms. The highest BCUT2D eigenvalue weighted by molar-refractivity contribution is 5.96. The van der Waals surface area contributed by atoms with Gasteiger partial charge >= 0.3 is 0 Å². The molecule has 230 valence electrons. The molecular weight excluding hydrogens is 548 g/mol. The third kappa shape index (κ3) is 5.72. The van der Waals surface area contributed by atoms with Crippen molar-refractivity contribution in [2.75, 3.05) is 33.9 Å². The minimum Gasteiger partial charge on any atom is -0.497 e. The standard InChI is InChI=1S/C34H42N2O7/c1-41-24-9-10-28(42-2)22(17-24)11-13-36(30(38)18-23-16-20-7-8-21(23)15-20)27-19-26(34(40)35-12-14-37)31-25-5-3-4-6-29(25)43-33(31)32(27)39/h3-6,9-10,17,19-21,23,27,31-33,37,39H,7-8,11-16,18H2,1-2H3,(H,35,40). The van der Waals surface area contributed by atoms with E-state index in [2.05, 4.69) is 5.32 Å². The molecule has 2 aromatic carbocycles. The summed E-state index contributed by atoms with van der Waals surface area (Å²) < 4.78 is 17.3. The van der Waals surface area contributed by atoms with E-state index < -0.39 is 24.2 Å². The van der Waals surface area contributed by atoms with Gasteiger partial charge in [0, 0.05) is 30.6 Å². The van der Waals surface area contributed by atoms with Crippen LogP contribution in [0.5, 0.6) is 17.2 Å². The summed E-state index contributed by atoms with van der Waals surface area (Å²) in [4.78, 5) is 29.5. The lowest BCUT2D eigenvalue weighted by Gasteiger charge is -2.41. The molecule has 4 aliphatic rings. The zero-order valence-corrected chi connectivity index (χ0v) is 24.9. The summed E-state index contributed by atoms with van der Waals surface area (Å²) in [6.07, 6.45) is 5.59. The number of ether oxygens (including phenoxy) is 3. The van der Waals surface area contributed by atoms with E-state index in [1.807, 2.05) is 42.5 Å². The van der Waals surface area contributed by atoms with Crippen LogP contribution in [0.25, 0.3) is 0 Å². The molecule has 1 aliphatic heterocycles. The number of carbonyl (C=O) groups excluding carboxylic acids is 2. The molecule has 6 rings (SSSR count). The van der Waals surface area contributed by atoms with Gasteiger partial charge in [-0.15, -0.1) is 0 Å². The van der Waals surface area contributed by atoms with Gasteiger partial charge < -0.3 is 34.6 Å². The molecular formula is C34H42N2O7. The molecule has 0 aromatic heterocycles. The average molecular weight is 591 g/mol. The number of fused-ring (bicyclic) bond motifs is 5. The Labute approximate surface area is 252 Å². The van der Waals surface area contributed by atoms with Crippen LogP contribution in [0.2, 0.25) is 0 Å². The predicted molar refractivity (Wildman–Crippen MR) is 160 cm³/mol. The van der Waals surface area contributed by atoms with E-state index in [4.69, 9.17) is 14.2 Å². The summed E-state index contributed by atoms with van der Waals surface area (Å²) in [6, 6.07) is 12.3. The number of aliphatic hydroxyl groups excluding tert-OH is 2. The second-order valence-electron chi connectivity index (χ2n) is 12.3. The average Bonchev–Trinajstić information content (AvgIpc) is 3.76. The Morgan fingerprint density at radius 2 is 1.93 bits per heavy atom. The summed E-state index contributed by atoms with van der Waals surface area (Å²) in [7, 11) is 3.23. The first-order valence-electron chi connectivity index (χ1n) is 15.5. The van der Waals surface area contributed by atoms with Gasteiger partial charge in [0.05, 0.1) is 32.8 Å². The molecule has 2 aromatic rings. The van der Waals surface area contributed by atoms with Crippen LogP contribution < -0.4 is 19.5 Å². The zero-order chi connectivity index (χ0) is 30.1. The number of amides is 2. The van der Waals surface area contributed by atoms with Crippen LogP contribution in [0.3, 0.4) is 0 Å². The minimum atomic E-state index is -1.05. The summed E-state index contributed by atoms with van der Waals surface area (Å²) in [6.45, 7) is 0.228. The van der Waals surface area contributed by atoms with Gasteiger partial charge in [0.25, 0.3) is 0 Å². The number of carbonyl (C=O) groups is 2. The number of nitrogens with zero attached hydrogens (tertiary/aromatic N) is 1. The number of benzene rings is 2. The molecule has 1 heterocycles. The quantitative estimate of drug-likeness (QED) is 0.368. The fraction of sp³-hybridized carbons (Fsp3) is 0.529. The van der Waals surface area contributed by atoms with Crippen molar-refractivity contribution in [2.24, 2.45) is 17.8 Å².